The summed E-state index contributed by atoms with van der Waals surface area (Å²) in [6.45, 7) is 3.82. The van der Waals surface area contributed by atoms with Crippen molar-refractivity contribution in [3.63, 3.8) is 0 Å². The van der Waals surface area contributed by atoms with E-state index in [1.54, 1.807) is 19.4 Å². The minimum atomic E-state index is -4.45. The van der Waals surface area contributed by atoms with Crippen LogP contribution in [0.2, 0.25) is 0 Å². The summed E-state index contributed by atoms with van der Waals surface area (Å²) in [5, 5.41) is 6.02. The zero-order chi connectivity index (χ0) is 27.3. The Balaban J connectivity index is 0.000000268. The maximum atomic E-state index is 12.6. The summed E-state index contributed by atoms with van der Waals surface area (Å²) in [5.41, 5.74) is 5.75. The normalized spacial score (nSPS) is 18.4. The number of carbonyl (C=O) groups excluding carboxylic acids is 1. The number of aromatic nitrogens is 3. The van der Waals surface area contributed by atoms with Gasteiger partial charge in [0.25, 0.3) is 0 Å². The van der Waals surface area contributed by atoms with Crippen molar-refractivity contribution in [1.29, 1.82) is 0 Å². The van der Waals surface area contributed by atoms with Gasteiger partial charge in [-0.05, 0) is 30.9 Å². The van der Waals surface area contributed by atoms with Crippen LogP contribution in [0.1, 0.15) is 51.3 Å². The summed E-state index contributed by atoms with van der Waals surface area (Å²) in [5.74, 6) is 0. The van der Waals surface area contributed by atoms with Gasteiger partial charge in [-0.15, -0.1) is 0 Å². The third kappa shape index (κ3) is 8.22. The molecule has 2 aliphatic rings. The number of alkyl halides is 6. The van der Waals surface area contributed by atoms with Crippen molar-refractivity contribution in [3.05, 3.63) is 29.7 Å². The SMILES string of the molecule is CCC(C)(C)C(F)(F)F.COC1CC1.NCc1cn2ncc(CN3CC(C(F)(F)F)NC3=O)cc2n1. The van der Waals surface area contributed by atoms with Crippen molar-refractivity contribution in [1.82, 2.24) is 24.8 Å². The van der Waals surface area contributed by atoms with Crippen LogP contribution < -0.4 is 11.1 Å². The van der Waals surface area contributed by atoms with Crippen LogP contribution >= 0.6 is 0 Å². The first-order chi connectivity index (χ1) is 16.6. The van der Waals surface area contributed by atoms with Crippen LogP contribution in [0.25, 0.3) is 5.65 Å². The maximum Gasteiger partial charge on any atom is 0.410 e. The number of fused-ring (bicyclic) bond motifs is 1. The molecule has 1 atom stereocenters. The number of carbonyl (C=O) groups is 1. The molecule has 36 heavy (non-hydrogen) atoms. The van der Waals surface area contributed by atoms with Crippen LogP contribution in [0.5, 0.6) is 0 Å². The molecule has 1 aliphatic carbocycles. The monoisotopic (exact) mass is 526 g/mol. The second kappa shape index (κ2) is 11.6. The number of ether oxygens (including phenoxy) is 1. The zero-order valence-electron chi connectivity index (χ0n) is 20.6. The van der Waals surface area contributed by atoms with Gasteiger partial charge in [0.2, 0.25) is 0 Å². The minimum Gasteiger partial charge on any atom is -0.381 e. The topological polar surface area (TPSA) is 97.8 Å². The number of rotatable bonds is 5. The summed E-state index contributed by atoms with van der Waals surface area (Å²) in [7, 11) is 1.76. The maximum absolute atomic E-state index is 12.6. The summed E-state index contributed by atoms with van der Waals surface area (Å²) < 4.78 is 79.7. The van der Waals surface area contributed by atoms with E-state index in [0.717, 1.165) is 4.90 Å². The molecule has 1 saturated heterocycles. The highest BCUT2D eigenvalue weighted by Crippen LogP contribution is 2.39. The zero-order valence-corrected chi connectivity index (χ0v) is 20.6. The molecule has 2 amide bonds. The van der Waals surface area contributed by atoms with Crippen molar-refractivity contribution in [2.75, 3.05) is 13.7 Å². The predicted molar refractivity (Wildman–Crippen MR) is 120 cm³/mol. The molecule has 0 spiro atoms. The average molecular weight is 527 g/mol. The summed E-state index contributed by atoms with van der Waals surface area (Å²) in [4.78, 5) is 16.9. The van der Waals surface area contributed by atoms with E-state index in [2.05, 4.69) is 10.1 Å². The first-order valence-electron chi connectivity index (χ1n) is 11.4. The number of hydrogen-bond donors (Lipinski definition) is 2. The Labute approximate surface area is 205 Å². The van der Waals surface area contributed by atoms with Gasteiger partial charge in [0.15, 0.2) is 5.65 Å². The molecule has 1 unspecified atom stereocenters. The van der Waals surface area contributed by atoms with Crippen molar-refractivity contribution < 1.29 is 35.9 Å². The van der Waals surface area contributed by atoms with E-state index < -0.39 is 36.4 Å². The van der Waals surface area contributed by atoms with E-state index in [0.29, 0.717) is 23.0 Å². The van der Waals surface area contributed by atoms with Gasteiger partial charge in [0.1, 0.15) is 6.04 Å². The van der Waals surface area contributed by atoms with Gasteiger partial charge in [0.05, 0.1) is 36.2 Å². The fraction of sp³-hybridized carbons (Fsp3) is 0.682. The molecule has 3 heterocycles. The highest BCUT2D eigenvalue weighted by molar-refractivity contribution is 5.77. The first kappa shape index (κ1) is 29.6. The lowest BCUT2D eigenvalue weighted by molar-refractivity contribution is -0.212. The Morgan fingerprint density at radius 3 is 2.22 bits per heavy atom. The van der Waals surface area contributed by atoms with Gasteiger partial charge in [-0.1, -0.05) is 20.8 Å². The number of nitrogens with one attached hydrogen (secondary N) is 1. The lowest BCUT2D eigenvalue weighted by Gasteiger charge is -2.25. The van der Waals surface area contributed by atoms with Crippen molar-refractivity contribution in [3.8, 4) is 0 Å². The minimum absolute atomic E-state index is 0.0345. The van der Waals surface area contributed by atoms with Crippen LogP contribution in [-0.4, -0.2) is 63.7 Å². The second-order valence-electron chi connectivity index (χ2n) is 9.20. The molecule has 2 aromatic heterocycles. The number of hydrogen-bond acceptors (Lipinski definition) is 5. The molecule has 2 fully saturated rings. The number of urea groups is 1. The van der Waals surface area contributed by atoms with Gasteiger partial charge in [-0.2, -0.15) is 31.4 Å². The molecule has 0 bridgehead atoms. The predicted octanol–water partition coefficient (Wildman–Crippen LogP) is 4.42. The molecule has 8 nitrogen and oxygen atoms in total. The van der Waals surface area contributed by atoms with E-state index in [-0.39, 0.29) is 19.5 Å². The lowest BCUT2D eigenvalue weighted by Crippen LogP contribution is -2.40. The molecule has 1 aliphatic heterocycles. The molecule has 3 N–H and O–H groups in total. The first-order valence-corrected chi connectivity index (χ1v) is 11.4. The molecule has 0 radical (unpaired) electrons. The van der Waals surface area contributed by atoms with E-state index in [1.807, 2.05) is 5.32 Å². The number of amides is 2. The van der Waals surface area contributed by atoms with Gasteiger partial charge >= 0.3 is 18.4 Å². The van der Waals surface area contributed by atoms with E-state index in [1.165, 1.54) is 44.3 Å². The van der Waals surface area contributed by atoms with Crippen LogP contribution in [0.15, 0.2) is 18.5 Å². The Hall–Kier alpha value is -2.61. The molecular formula is C22H32F6N6O2. The highest BCUT2D eigenvalue weighted by Gasteiger charge is 2.47. The standard InChI is InChI=1S/C12H13F3N6O.C6H11F3.C4H8O/c13-12(14,15)9-6-20(11(22)19-9)4-7-1-10-18-8(2-16)5-21(10)17-3-7;1-4-5(2,3)6(7,8)9;1-5-4-2-3-4/h1,3,5,9H,2,4,6,16H2,(H,19,22);4H2,1-3H3;4H,2-3H2,1H3. The van der Waals surface area contributed by atoms with E-state index in [4.69, 9.17) is 10.5 Å². The molecule has 0 aromatic carbocycles. The van der Waals surface area contributed by atoms with Gasteiger partial charge in [-0.25, -0.2) is 14.3 Å². The Bertz CT molecular complexity index is 1000. The number of methoxy groups -OCH3 is 1. The fourth-order valence-corrected chi connectivity index (χ4v) is 2.79. The largest absolute Gasteiger partial charge is 0.410 e. The van der Waals surface area contributed by atoms with E-state index >= 15 is 0 Å². The third-order valence-electron chi connectivity index (χ3n) is 5.90. The molecule has 204 valence electrons. The smallest absolute Gasteiger partial charge is 0.381 e. The Kier molecular flexibility index (Phi) is 9.57. The van der Waals surface area contributed by atoms with Gasteiger partial charge in [-0.3, -0.25) is 0 Å². The lowest BCUT2D eigenvalue weighted by atomic mass is 9.90. The molecule has 1 saturated carbocycles. The fourth-order valence-electron chi connectivity index (χ4n) is 2.79. The Morgan fingerprint density at radius 1 is 1.19 bits per heavy atom. The van der Waals surface area contributed by atoms with E-state index in [9.17, 15) is 31.1 Å². The summed E-state index contributed by atoms with van der Waals surface area (Å²) in [6, 6.07) is -0.916. The number of nitrogens with two attached hydrogens (primary N) is 1. The van der Waals surface area contributed by atoms with Crippen LogP contribution in [0.4, 0.5) is 31.1 Å². The van der Waals surface area contributed by atoms with Crippen molar-refractivity contribution in [2.45, 2.75) is 77.6 Å². The Morgan fingerprint density at radius 2 is 1.83 bits per heavy atom. The molecular weight excluding hydrogens is 494 g/mol. The summed E-state index contributed by atoms with van der Waals surface area (Å²) in [6.07, 6.45) is -2.00. The number of imidazole rings is 1. The summed E-state index contributed by atoms with van der Waals surface area (Å²) >= 11 is 0. The number of nitrogens with zero attached hydrogens (tertiary/aromatic N) is 4. The number of halogens is 6. The van der Waals surface area contributed by atoms with Gasteiger partial charge < -0.3 is 20.7 Å². The molecule has 2 aromatic rings. The van der Waals surface area contributed by atoms with Crippen molar-refractivity contribution in [2.24, 2.45) is 11.1 Å². The van der Waals surface area contributed by atoms with Crippen LogP contribution in [-0.2, 0) is 17.8 Å². The second-order valence-corrected chi connectivity index (χ2v) is 9.20. The van der Waals surface area contributed by atoms with Crippen LogP contribution in [0, 0.1) is 5.41 Å². The highest BCUT2D eigenvalue weighted by atomic mass is 19.4. The van der Waals surface area contributed by atoms with Gasteiger partial charge in [0, 0.05) is 20.2 Å². The molecule has 14 heteroatoms. The quantitative estimate of drug-likeness (QED) is 0.562. The van der Waals surface area contributed by atoms with Crippen molar-refractivity contribution >= 4 is 11.7 Å². The molecule has 4 rings (SSSR count). The van der Waals surface area contributed by atoms with Crippen LogP contribution in [0.3, 0.4) is 0 Å². The third-order valence-corrected chi connectivity index (χ3v) is 5.90. The average Bonchev–Trinajstić information content (AvgIpc) is 3.44.